The molecule has 7 heteroatoms. The van der Waals surface area contributed by atoms with Crippen LogP contribution in [0.25, 0.3) is 0 Å². The number of hydrogen-bond donors (Lipinski definition) is 2. The van der Waals surface area contributed by atoms with E-state index in [2.05, 4.69) is 4.98 Å². The molecule has 1 aromatic heterocycles. The van der Waals surface area contributed by atoms with Crippen LogP contribution in [-0.4, -0.2) is 16.1 Å². The van der Waals surface area contributed by atoms with Crippen LogP contribution in [0, 0.1) is 5.95 Å². The number of carbonyl (C=O) groups is 1. The molecule has 3 N–H and O–H groups in total. The molecule has 0 aliphatic heterocycles. The first-order valence-electron chi connectivity index (χ1n) is 3.86. The molecule has 0 saturated heterocycles. The molecule has 0 unspecified atom stereocenters. The number of pyridine rings is 1. The minimum atomic E-state index is -2.98. The van der Waals surface area contributed by atoms with Crippen molar-refractivity contribution in [3.05, 3.63) is 23.1 Å². The molecule has 1 heterocycles. The summed E-state index contributed by atoms with van der Waals surface area (Å²) in [6, 6.07) is 0.645. The number of nitrogens with two attached hydrogens (primary N) is 1. The lowest BCUT2D eigenvalue weighted by Crippen LogP contribution is -2.09. The highest BCUT2D eigenvalue weighted by molar-refractivity contribution is 5.71. The highest BCUT2D eigenvalue weighted by Gasteiger charge is 2.20. The molecule has 0 aliphatic rings. The summed E-state index contributed by atoms with van der Waals surface area (Å²) in [5.41, 5.74) is 3.99. The second-order valence-corrected chi connectivity index (χ2v) is 2.77. The smallest absolute Gasteiger partial charge is 0.307 e. The Hall–Kier alpha value is -1.79. The Bertz CT molecular complexity index is 396. The lowest BCUT2D eigenvalue weighted by molar-refractivity contribution is -0.136. The first kappa shape index (κ1) is 11.3. The van der Waals surface area contributed by atoms with E-state index in [1.54, 1.807) is 0 Å². The van der Waals surface area contributed by atoms with Crippen molar-refractivity contribution in [2.24, 2.45) is 0 Å². The number of aliphatic carboxylic acids is 1. The second kappa shape index (κ2) is 4.16. The van der Waals surface area contributed by atoms with Crippen molar-refractivity contribution in [1.82, 2.24) is 4.98 Å². The largest absolute Gasteiger partial charge is 0.481 e. The third-order valence-corrected chi connectivity index (χ3v) is 1.70. The molecule has 0 aliphatic carbocycles. The lowest BCUT2D eigenvalue weighted by Gasteiger charge is -2.09. The fourth-order valence-corrected chi connectivity index (χ4v) is 1.15. The van der Waals surface area contributed by atoms with Crippen LogP contribution in [-0.2, 0) is 11.2 Å². The van der Waals surface area contributed by atoms with Crippen LogP contribution in [0.2, 0.25) is 0 Å². The standard InChI is InChI=1S/C8H7F3N2O2/c9-4-1-3(2-5(14)15)6(7(10)11)8(12)13-4/h1,7H,2H2,(H2,12,13)(H,14,15). The third-order valence-electron chi connectivity index (χ3n) is 1.70. The van der Waals surface area contributed by atoms with Crippen LogP contribution in [0.1, 0.15) is 17.6 Å². The summed E-state index contributed by atoms with van der Waals surface area (Å²) in [7, 11) is 0. The maximum absolute atomic E-state index is 12.7. The minimum absolute atomic E-state index is 0.359. The summed E-state index contributed by atoms with van der Waals surface area (Å²) >= 11 is 0. The number of anilines is 1. The van der Waals surface area contributed by atoms with Crippen LogP contribution in [0.5, 0.6) is 0 Å². The molecule has 0 bridgehead atoms. The molecule has 0 atom stereocenters. The van der Waals surface area contributed by atoms with E-state index in [9.17, 15) is 18.0 Å². The van der Waals surface area contributed by atoms with Crippen LogP contribution >= 0.6 is 0 Å². The topological polar surface area (TPSA) is 76.2 Å². The Morgan fingerprint density at radius 2 is 2.20 bits per heavy atom. The summed E-state index contributed by atoms with van der Waals surface area (Å²) < 4.78 is 37.6. The van der Waals surface area contributed by atoms with Crippen LogP contribution < -0.4 is 5.73 Å². The highest BCUT2D eigenvalue weighted by Crippen LogP contribution is 2.28. The summed E-state index contributed by atoms with van der Waals surface area (Å²) in [5, 5.41) is 8.43. The number of halogens is 3. The first-order valence-corrected chi connectivity index (χ1v) is 3.86. The average molecular weight is 220 g/mol. The first-order chi connectivity index (χ1) is 6.91. The summed E-state index contributed by atoms with van der Waals surface area (Å²) in [5.74, 6) is -3.10. The molecule has 82 valence electrons. The number of nitrogen functional groups attached to an aromatic ring is 1. The molecule has 1 rings (SSSR count). The predicted octanol–water partition coefficient (Wildman–Crippen LogP) is 1.37. The second-order valence-electron chi connectivity index (χ2n) is 2.77. The number of carboxylic acid groups (broad SMARTS) is 1. The van der Waals surface area contributed by atoms with Crippen LogP contribution in [0.15, 0.2) is 6.07 Å². The zero-order valence-corrected chi connectivity index (χ0v) is 7.38. The van der Waals surface area contributed by atoms with Crippen molar-refractivity contribution < 1.29 is 23.1 Å². The Morgan fingerprint density at radius 3 is 2.67 bits per heavy atom. The fraction of sp³-hybridized carbons (Fsp3) is 0.250. The Labute approximate surface area is 82.5 Å². The quantitative estimate of drug-likeness (QED) is 0.754. The Balaban J connectivity index is 3.26. The maximum Gasteiger partial charge on any atom is 0.307 e. The van der Waals surface area contributed by atoms with Crippen molar-refractivity contribution in [1.29, 1.82) is 0 Å². The van der Waals surface area contributed by atoms with Gasteiger partial charge in [0.15, 0.2) is 0 Å². The zero-order valence-electron chi connectivity index (χ0n) is 7.38. The Morgan fingerprint density at radius 1 is 1.60 bits per heavy atom. The monoisotopic (exact) mass is 220 g/mol. The summed E-state index contributed by atoms with van der Waals surface area (Å²) in [6.07, 6.45) is -3.70. The van der Waals surface area contributed by atoms with Crippen LogP contribution in [0.4, 0.5) is 19.0 Å². The number of carboxylic acids is 1. The van der Waals surface area contributed by atoms with Gasteiger partial charge in [0, 0.05) is 0 Å². The van der Waals surface area contributed by atoms with Crippen LogP contribution in [0.3, 0.4) is 0 Å². The van der Waals surface area contributed by atoms with Gasteiger partial charge in [-0.25, -0.2) is 13.8 Å². The number of alkyl halides is 2. The van der Waals surface area contributed by atoms with Crippen molar-refractivity contribution in [3.8, 4) is 0 Å². The predicted molar refractivity (Wildman–Crippen MR) is 44.9 cm³/mol. The van der Waals surface area contributed by atoms with Gasteiger partial charge in [-0.2, -0.15) is 4.39 Å². The van der Waals surface area contributed by atoms with E-state index in [1.807, 2.05) is 0 Å². The molecule has 0 radical (unpaired) electrons. The van der Waals surface area contributed by atoms with E-state index in [0.717, 1.165) is 0 Å². The summed E-state index contributed by atoms with van der Waals surface area (Å²) in [4.78, 5) is 13.3. The lowest BCUT2D eigenvalue weighted by atomic mass is 10.1. The van der Waals surface area contributed by atoms with E-state index >= 15 is 0 Å². The number of aromatic nitrogens is 1. The fourth-order valence-electron chi connectivity index (χ4n) is 1.15. The molecule has 0 spiro atoms. The molecule has 0 amide bonds. The molecule has 0 aromatic carbocycles. The molecule has 1 aromatic rings. The molecule has 0 fully saturated rings. The maximum atomic E-state index is 12.7. The molecular weight excluding hydrogens is 213 g/mol. The van der Waals surface area contributed by atoms with Gasteiger partial charge < -0.3 is 10.8 Å². The molecule has 15 heavy (non-hydrogen) atoms. The van der Waals surface area contributed by atoms with E-state index in [4.69, 9.17) is 10.8 Å². The Kier molecular flexibility index (Phi) is 3.13. The van der Waals surface area contributed by atoms with Crippen molar-refractivity contribution in [3.63, 3.8) is 0 Å². The van der Waals surface area contributed by atoms with Crippen molar-refractivity contribution >= 4 is 11.8 Å². The van der Waals surface area contributed by atoms with E-state index in [1.165, 1.54) is 0 Å². The number of nitrogens with zero attached hydrogens (tertiary/aromatic N) is 1. The van der Waals surface area contributed by atoms with E-state index in [-0.39, 0.29) is 5.56 Å². The van der Waals surface area contributed by atoms with Gasteiger partial charge in [0.2, 0.25) is 5.95 Å². The van der Waals surface area contributed by atoms with Gasteiger partial charge >= 0.3 is 5.97 Å². The third kappa shape index (κ3) is 2.58. The zero-order chi connectivity index (χ0) is 11.6. The van der Waals surface area contributed by atoms with Gasteiger partial charge in [0.05, 0.1) is 12.0 Å². The average Bonchev–Trinajstić information content (AvgIpc) is 1.99. The van der Waals surface area contributed by atoms with Gasteiger partial charge in [-0.05, 0) is 11.6 Å². The molecule has 4 nitrogen and oxygen atoms in total. The molecular formula is C8H7F3N2O2. The summed E-state index contributed by atoms with van der Waals surface area (Å²) in [6.45, 7) is 0. The van der Waals surface area contributed by atoms with Gasteiger partial charge in [-0.3, -0.25) is 4.79 Å². The van der Waals surface area contributed by atoms with Crippen molar-refractivity contribution in [2.75, 3.05) is 5.73 Å². The van der Waals surface area contributed by atoms with Gasteiger partial charge in [-0.1, -0.05) is 0 Å². The van der Waals surface area contributed by atoms with Gasteiger partial charge in [-0.15, -0.1) is 0 Å². The molecule has 0 saturated carbocycles. The van der Waals surface area contributed by atoms with E-state index in [0.29, 0.717) is 6.07 Å². The SMILES string of the molecule is Nc1nc(F)cc(CC(=O)O)c1C(F)F. The number of rotatable bonds is 3. The highest BCUT2D eigenvalue weighted by atomic mass is 19.3. The van der Waals surface area contributed by atoms with Gasteiger partial charge in [0.1, 0.15) is 5.82 Å². The van der Waals surface area contributed by atoms with Gasteiger partial charge in [0.25, 0.3) is 6.43 Å². The minimum Gasteiger partial charge on any atom is -0.481 e. The van der Waals surface area contributed by atoms with E-state index < -0.39 is 36.1 Å². The van der Waals surface area contributed by atoms with Crippen molar-refractivity contribution in [2.45, 2.75) is 12.8 Å². The number of hydrogen-bond acceptors (Lipinski definition) is 3. The normalized spacial score (nSPS) is 10.7.